The van der Waals surface area contributed by atoms with Crippen LogP contribution in [-0.4, -0.2) is 34.2 Å². The van der Waals surface area contributed by atoms with Crippen molar-refractivity contribution in [1.29, 1.82) is 5.26 Å². The third-order valence-corrected chi connectivity index (χ3v) is 5.75. The summed E-state index contributed by atoms with van der Waals surface area (Å²) in [5, 5.41) is 12.4. The van der Waals surface area contributed by atoms with Crippen LogP contribution in [0.25, 0.3) is 0 Å². The van der Waals surface area contributed by atoms with E-state index in [0.717, 1.165) is 5.75 Å². The third-order valence-electron chi connectivity index (χ3n) is 3.90. The van der Waals surface area contributed by atoms with Crippen molar-refractivity contribution < 1.29 is 9.53 Å². The summed E-state index contributed by atoms with van der Waals surface area (Å²) in [5.41, 5.74) is 0.685. The second-order valence-corrected chi connectivity index (χ2v) is 8.22. The summed E-state index contributed by atoms with van der Waals surface area (Å²) in [6.07, 6.45) is 0. The van der Waals surface area contributed by atoms with E-state index in [1.54, 1.807) is 48.0 Å². The number of hydrogen-bond acceptors (Lipinski definition) is 4. The molecule has 0 spiro atoms. The number of nitrogens with one attached hydrogen (secondary N) is 1. The fourth-order valence-corrected chi connectivity index (χ4v) is 4.21. The smallest absolute Gasteiger partial charge is 0.323 e. The minimum Gasteiger partial charge on any atom is -0.497 e. The lowest BCUT2D eigenvalue weighted by molar-refractivity contribution is 0.184. The first-order chi connectivity index (χ1) is 10.8. The summed E-state index contributed by atoms with van der Waals surface area (Å²) in [4.78, 5) is 14.4. The van der Waals surface area contributed by atoms with E-state index in [0.29, 0.717) is 5.69 Å². The predicted molar refractivity (Wildman–Crippen MR) is 93.5 cm³/mol. The van der Waals surface area contributed by atoms with Crippen molar-refractivity contribution >= 4 is 23.5 Å². The van der Waals surface area contributed by atoms with Gasteiger partial charge in [0.25, 0.3) is 0 Å². The Morgan fingerprint density at radius 2 is 2.00 bits per heavy atom. The van der Waals surface area contributed by atoms with Crippen molar-refractivity contribution in [1.82, 2.24) is 4.90 Å². The van der Waals surface area contributed by atoms with Gasteiger partial charge in [0, 0.05) is 10.4 Å². The second-order valence-electron chi connectivity index (χ2n) is 6.45. The number of ether oxygens (including phenoxy) is 1. The Bertz CT molecular complexity index is 607. The summed E-state index contributed by atoms with van der Waals surface area (Å²) >= 11 is 1.68. The predicted octanol–water partition coefficient (Wildman–Crippen LogP) is 3.93. The van der Waals surface area contributed by atoms with Gasteiger partial charge in [0.05, 0.1) is 18.6 Å². The zero-order valence-electron chi connectivity index (χ0n) is 14.2. The van der Waals surface area contributed by atoms with Crippen molar-refractivity contribution in [3.63, 3.8) is 0 Å². The fourth-order valence-electron chi connectivity index (χ4n) is 2.68. The van der Waals surface area contributed by atoms with Crippen LogP contribution in [0.5, 0.6) is 5.75 Å². The molecule has 0 bridgehead atoms. The number of hydrogen-bond donors (Lipinski definition) is 1. The number of anilines is 1. The maximum absolute atomic E-state index is 12.8. The largest absolute Gasteiger partial charge is 0.497 e. The van der Waals surface area contributed by atoms with E-state index in [1.165, 1.54) is 0 Å². The Balaban J connectivity index is 2.22. The maximum atomic E-state index is 12.8. The molecule has 0 radical (unpaired) electrons. The van der Waals surface area contributed by atoms with E-state index in [-0.39, 0.29) is 22.1 Å². The highest BCUT2D eigenvalue weighted by molar-refractivity contribution is 8.01. The Kier molecular flexibility index (Phi) is 5.10. The number of rotatable bonds is 3. The highest BCUT2D eigenvalue weighted by atomic mass is 32.2. The molecule has 1 aliphatic rings. The van der Waals surface area contributed by atoms with Crippen LogP contribution < -0.4 is 10.1 Å². The third kappa shape index (κ3) is 3.56. The Hall–Kier alpha value is -1.87. The van der Waals surface area contributed by atoms with Crippen LogP contribution >= 0.6 is 11.8 Å². The van der Waals surface area contributed by atoms with Gasteiger partial charge in [0.15, 0.2) is 0 Å². The summed E-state index contributed by atoms with van der Waals surface area (Å²) in [5.74, 6) is 0.995. The average molecular weight is 333 g/mol. The van der Waals surface area contributed by atoms with Crippen molar-refractivity contribution in [3.05, 3.63) is 24.3 Å². The number of carbonyl (C=O) groups is 1. The molecule has 1 heterocycles. The number of urea groups is 1. The molecular weight excluding hydrogens is 310 g/mol. The van der Waals surface area contributed by atoms with Crippen LogP contribution in [0.1, 0.15) is 27.7 Å². The number of methoxy groups -OCH3 is 1. The normalized spacial score (nSPS) is 22.7. The summed E-state index contributed by atoms with van der Waals surface area (Å²) in [6, 6.07) is 8.76. The molecule has 1 aromatic carbocycles. The van der Waals surface area contributed by atoms with Gasteiger partial charge in [-0.3, -0.25) is 4.90 Å². The van der Waals surface area contributed by atoms with E-state index < -0.39 is 6.04 Å². The number of carbonyl (C=O) groups excluding carboxylic acids is 1. The first kappa shape index (κ1) is 17.5. The fraction of sp³-hybridized carbons (Fsp3) is 0.529. The van der Waals surface area contributed by atoms with Gasteiger partial charge >= 0.3 is 6.03 Å². The van der Waals surface area contributed by atoms with E-state index in [9.17, 15) is 10.1 Å². The van der Waals surface area contributed by atoms with Gasteiger partial charge in [0.1, 0.15) is 11.8 Å². The molecule has 1 saturated heterocycles. The molecule has 2 unspecified atom stereocenters. The van der Waals surface area contributed by atoms with Gasteiger partial charge in [-0.2, -0.15) is 5.26 Å². The molecule has 124 valence electrons. The minimum atomic E-state index is -0.460. The molecule has 23 heavy (non-hydrogen) atoms. The summed E-state index contributed by atoms with van der Waals surface area (Å²) < 4.78 is 4.82. The molecule has 2 amide bonds. The maximum Gasteiger partial charge on any atom is 0.323 e. The lowest BCUT2D eigenvalue weighted by Crippen LogP contribution is -2.48. The Morgan fingerprint density at radius 1 is 1.39 bits per heavy atom. The number of amides is 2. The Morgan fingerprint density at radius 3 is 2.48 bits per heavy atom. The molecule has 6 heteroatoms. The number of benzene rings is 1. The molecule has 1 aliphatic heterocycles. The first-order valence-electron chi connectivity index (χ1n) is 7.61. The molecule has 1 fully saturated rings. The monoisotopic (exact) mass is 333 g/mol. The molecule has 1 aromatic rings. The van der Waals surface area contributed by atoms with Crippen molar-refractivity contribution in [2.45, 2.75) is 43.9 Å². The van der Waals surface area contributed by atoms with Gasteiger partial charge < -0.3 is 10.1 Å². The highest BCUT2D eigenvalue weighted by Crippen LogP contribution is 2.46. The van der Waals surface area contributed by atoms with E-state index in [4.69, 9.17) is 4.74 Å². The average Bonchev–Trinajstić information content (AvgIpc) is 2.79. The van der Waals surface area contributed by atoms with Gasteiger partial charge in [-0.1, -0.05) is 13.8 Å². The first-order valence-corrected chi connectivity index (χ1v) is 8.49. The molecule has 1 N–H and O–H groups in total. The van der Waals surface area contributed by atoms with E-state index in [2.05, 4.69) is 25.2 Å². The van der Waals surface area contributed by atoms with Crippen LogP contribution in [0.4, 0.5) is 10.5 Å². The molecular formula is C17H23N3O2S. The Labute approximate surface area is 142 Å². The van der Waals surface area contributed by atoms with E-state index >= 15 is 0 Å². The lowest BCUT2D eigenvalue weighted by atomic mass is 10.0. The minimum absolute atomic E-state index is 0.0205. The summed E-state index contributed by atoms with van der Waals surface area (Å²) in [6.45, 7) is 8.17. The second kappa shape index (κ2) is 6.71. The van der Waals surface area contributed by atoms with Crippen LogP contribution in [0, 0.1) is 17.2 Å². The van der Waals surface area contributed by atoms with Crippen molar-refractivity contribution in [2.75, 3.05) is 12.4 Å². The van der Waals surface area contributed by atoms with Gasteiger partial charge in [0.2, 0.25) is 0 Å². The molecule has 0 aromatic heterocycles. The number of nitrogens with zero attached hydrogens (tertiary/aromatic N) is 2. The van der Waals surface area contributed by atoms with Gasteiger partial charge in [-0.05, 0) is 44.0 Å². The number of thioether (sulfide) groups is 1. The summed E-state index contributed by atoms with van der Waals surface area (Å²) in [7, 11) is 1.60. The molecule has 0 aliphatic carbocycles. The van der Waals surface area contributed by atoms with Gasteiger partial charge in [-0.15, -0.1) is 11.8 Å². The van der Waals surface area contributed by atoms with Gasteiger partial charge in [-0.25, -0.2) is 4.79 Å². The molecule has 0 saturated carbocycles. The van der Waals surface area contributed by atoms with Crippen LogP contribution in [0.3, 0.4) is 0 Å². The zero-order valence-corrected chi connectivity index (χ0v) is 15.0. The highest BCUT2D eigenvalue weighted by Gasteiger charge is 2.50. The van der Waals surface area contributed by atoms with E-state index in [1.807, 2.05) is 13.8 Å². The number of nitriles is 1. The molecule has 5 nitrogen and oxygen atoms in total. The van der Waals surface area contributed by atoms with Crippen molar-refractivity contribution in [2.24, 2.45) is 5.92 Å². The quantitative estimate of drug-likeness (QED) is 0.910. The van der Waals surface area contributed by atoms with Crippen LogP contribution in [0.2, 0.25) is 0 Å². The van der Waals surface area contributed by atoms with Crippen molar-refractivity contribution in [3.8, 4) is 11.8 Å². The van der Waals surface area contributed by atoms with Crippen LogP contribution in [0.15, 0.2) is 24.3 Å². The molecule has 2 atom stereocenters. The lowest BCUT2D eigenvalue weighted by Gasteiger charge is -2.29. The standard InChI is InChI=1S/C17H23N3O2S/c1-11(2)15-20(14(10-18)17(3,4)23-15)16(21)19-12-6-8-13(22-5)9-7-12/h6-9,11,14-15H,1-5H3,(H,19,21). The zero-order chi connectivity index (χ0) is 17.2. The SMILES string of the molecule is COc1ccc(NC(=O)N2C(C(C)C)SC(C)(C)C2C#N)cc1. The van der Waals surface area contributed by atoms with Crippen LogP contribution in [-0.2, 0) is 0 Å². The molecule has 2 rings (SSSR count). The topological polar surface area (TPSA) is 65.4 Å².